The van der Waals surface area contributed by atoms with Gasteiger partial charge in [0.05, 0.1) is 38.4 Å². The minimum absolute atomic E-state index is 0.109. The fourth-order valence-electron chi connectivity index (χ4n) is 3.10. The number of rotatable bonds is 9. The fraction of sp³-hybridized carbons (Fsp3) is 0.435. The molecular weight excluding hydrogens is 406 g/mol. The largest absolute Gasteiger partial charge is 0.493 e. The predicted octanol–water partition coefficient (Wildman–Crippen LogP) is 4.55. The van der Waals surface area contributed by atoms with E-state index in [2.05, 4.69) is 12.2 Å². The van der Waals surface area contributed by atoms with Gasteiger partial charge in [0, 0.05) is 13.0 Å². The van der Waals surface area contributed by atoms with Crippen LogP contribution in [0, 0.1) is 0 Å². The van der Waals surface area contributed by atoms with Crippen LogP contribution in [0.4, 0.5) is 0 Å². The Morgan fingerprint density at radius 3 is 2.77 bits per heavy atom. The maximum absolute atomic E-state index is 12.4. The molecule has 6 nitrogen and oxygen atoms in total. The lowest BCUT2D eigenvalue weighted by Crippen LogP contribution is -2.24. The molecule has 0 atom stereocenters. The standard InChI is InChI=1S/C23H28ClNO5/c1-3-4-8-28-19-7-6-16(12-20(19)27-2)15-25-22(26)14-17-11-18(24)23-21(13-17)29-9-5-10-30-23/h6-7,11-13H,3-5,8-10,14-15H2,1-2H3,(H,25,26). The Kier molecular flexibility index (Phi) is 8.08. The summed E-state index contributed by atoms with van der Waals surface area (Å²) in [5.74, 6) is 2.40. The third-order valence-corrected chi connectivity index (χ3v) is 4.98. The van der Waals surface area contributed by atoms with E-state index in [1.165, 1.54) is 0 Å². The predicted molar refractivity (Wildman–Crippen MR) is 116 cm³/mol. The van der Waals surface area contributed by atoms with Crippen LogP contribution in [0.5, 0.6) is 23.0 Å². The molecule has 0 unspecified atom stereocenters. The quantitative estimate of drug-likeness (QED) is 0.588. The van der Waals surface area contributed by atoms with Gasteiger partial charge in [-0.05, 0) is 41.8 Å². The number of hydrogen-bond donors (Lipinski definition) is 1. The maximum atomic E-state index is 12.4. The van der Waals surface area contributed by atoms with Crippen LogP contribution in [-0.2, 0) is 17.8 Å². The highest BCUT2D eigenvalue weighted by molar-refractivity contribution is 6.32. The summed E-state index contributed by atoms with van der Waals surface area (Å²) in [6, 6.07) is 9.25. The maximum Gasteiger partial charge on any atom is 0.224 e. The number of ether oxygens (including phenoxy) is 4. The molecule has 2 aromatic carbocycles. The van der Waals surface area contributed by atoms with E-state index in [0.717, 1.165) is 30.4 Å². The molecule has 2 aromatic rings. The second-order valence-electron chi connectivity index (χ2n) is 7.10. The molecule has 7 heteroatoms. The summed E-state index contributed by atoms with van der Waals surface area (Å²) >= 11 is 6.31. The molecule has 0 aliphatic carbocycles. The zero-order valence-electron chi connectivity index (χ0n) is 17.5. The number of methoxy groups -OCH3 is 1. The van der Waals surface area contributed by atoms with E-state index in [9.17, 15) is 4.79 Å². The first-order valence-electron chi connectivity index (χ1n) is 10.2. The smallest absolute Gasteiger partial charge is 0.224 e. The SMILES string of the molecule is CCCCOc1ccc(CNC(=O)Cc2cc(Cl)c3c(c2)OCCCO3)cc1OC. The molecule has 1 amide bonds. The number of hydrogen-bond acceptors (Lipinski definition) is 5. The van der Waals surface area contributed by atoms with E-state index in [0.29, 0.717) is 54.4 Å². The van der Waals surface area contributed by atoms with Gasteiger partial charge in [0.1, 0.15) is 0 Å². The number of halogens is 1. The van der Waals surface area contributed by atoms with Crippen molar-refractivity contribution in [1.29, 1.82) is 0 Å². The molecule has 0 saturated heterocycles. The van der Waals surface area contributed by atoms with E-state index < -0.39 is 0 Å². The van der Waals surface area contributed by atoms with E-state index in [1.807, 2.05) is 24.3 Å². The lowest BCUT2D eigenvalue weighted by Gasteiger charge is -2.13. The average molecular weight is 434 g/mol. The molecule has 1 aliphatic heterocycles. The fourth-order valence-corrected chi connectivity index (χ4v) is 3.39. The number of carbonyl (C=O) groups is 1. The van der Waals surface area contributed by atoms with Gasteiger partial charge in [-0.15, -0.1) is 0 Å². The number of unbranched alkanes of at least 4 members (excludes halogenated alkanes) is 1. The Morgan fingerprint density at radius 2 is 1.97 bits per heavy atom. The van der Waals surface area contributed by atoms with Gasteiger partial charge in [-0.1, -0.05) is 31.0 Å². The van der Waals surface area contributed by atoms with E-state index >= 15 is 0 Å². The van der Waals surface area contributed by atoms with Gasteiger partial charge in [-0.3, -0.25) is 4.79 Å². The van der Waals surface area contributed by atoms with Gasteiger partial charge in [-0.2, -0.15) is 0 Å². The van der Waals surface area contributed by atoms with Crippen LogP contribution in [0.2, 0.25) is 5.02 Å². The van der Waals surface area contributed by atoms with Gasteiger partial charge in [0.25, 0.3) is 0 Å². The Bertz CT molecular complexity index is 871. The third kappa shape index (κ3) is 5.95. The van der Waals surface area contributed by atoms with Crippen molar-refractivity contribution in [3.63, 3.8) is 0 Å². The molecule has 1 aliphatic rings. The summed E-state index contributed by atoms with van der Waals surface area (Å²) in [4.78, 5) is 12.4. The number of carbonyl (C=O) groups excluding carboxylic acids is 1. The Labute approximate surface area is 182 Å². The molecule has 0 aromatic heterocycles. The molecule has 0 radical (unpaired) electrons. The van der Waals surface area contributed by atoms with Crippen molar-refractivity contribution in [2.24, 2.45) is 0 Å². The normalized spacial score (nSPS) is 12.8. The molecule has 162 valence electrons. The monoisotopic (exact) mass is 433 g/mol. The van der Waals surface area contributed by atoms with Crippen LogP contribution in [0.3, 0.4) is 0 Å². The summed E-state index contributed by atoms with van der Waals surface area (Å²) in [5.41, 5.74) is 1.71. The summed E-state index contributed by atoms with van der Waals surface area (Å²) in [6.45, 7) is 4.30. The van der Waals surface area contributed by atoms with Gasteiger partial charge < -0.3 is 24.3 Å². The first-order chi connectivity index (χ1) is 14.6. The molecule has 0 fully saturated rings. The summed E-state index contributed by atoms with van der Waals surface area (Å²) in [6.07, 6.45) is 3.06. The highest BCUT2D eigenvalue weighted by atomic mass is 35.5. The van der Waals surface area contributed by atoms with E-state index in [-0.39, 0.29) is 12.3 Å². The van der Waals surface area contributed by atoms with Crippen LogP contribution in [0.1, 0.15) is 37.3 Å². The molecule has 1 N–H and O–H groups in total. The molecule has 30 heavy (non-hydrogen) atoms. The van der Waals surface area contributed by atoms with Crippen LogP contribution in [0.15, 0.2) is 30.3 Å². The van der Waals surface area contributed by atoms with Crippen LogP contribution >= 0.6 is 11.6 Å². The summed E-state index contributed by atoms with van der Waals surface area (Å²) < 4.78 is 22.5. The number of benzene rings is 2. The van der Waals surface area contributed by atoms with Crippen molar-refractivity contribution in [1.82, 2.24) is 5.32 Å². The molecular formula is C23H28ClNO5. The van der Waals surface area contributed by atoms with Crippen LogP contribution < -0.4 is 24.3 Å². The lowest BCUT2D eigenvalue weighted by molar-refractivity contribution is -0.120. The number of nitrogens with one attached hydrogen (secondary N) is 1. The van der Waals surface area contributed by atoms with E-state index in [1.54, 1.807) is 13.2 Å². The zero-order valence-corrected chi connectivity index (χ0v) is 18.2. The van der Waals surface area contributed by atoms with E-state index in [4.69, 9.17) is 30.5 Å². The van der Waals surface area contributed by atoms with Crippen molar-refractivity contribution >= 4 is 17.5 Å². The minimum Gasteiger partial charge on any atom is -0.493 e. The summed E-state index contributed by atoms with van der Waals surface area (Å²) in [5, 5.41) is 3.39. The third-order valence-electron chi connectivity index (χ3n) is 4.70. The number of fused-ring (bicyclic) bond motifs is 1. The first kappa shape index (κ1) is 22.1. The van der Waals surface area contributed by atoms with Gasteiger partial charge >= 0.3 is 0 Å². The highest BCUT2D eigenvalue weighted by Gasteiger charge is 2.17. The molecule has 0 spiro atoms. The Balaban J connectivity index is 1.58. The molecule has 0 bridgehead atoms. The van der Waals surface area contributed by atoms with Crippen molar-refractivity contribution in [2.75, 3.05) is 26.9 Å². The topological polar surface area (TPSA) is 66.0 Å². The lowest BCUT2D eigenvalue weighted by atomic mass is 10.1. The molecule has 3 rings (SSSR count). The first-order valence-corrected chi connectivity index (χ1v) is 10.6. The second kappa shape index (κ2) is 11.0. The number of amides is 1. The Morgan fingerprint density at radius 1 is 1.13 bits per heavy atom. The summed E-state index contributed by atoms with van der Waals surface area (Å²) in [7, 11) is 1.61. The Hall–Kier alpha value is -2.60. The minimum atomic E-state index is -0.109. The second-order valence-corrected chi connectivity index (χ2v) is 7.50. The van der Waals surface area contributed by atoms with Crippen molar-refractivity contribution < 1.29 is 23.7 Å². The zero-order chi connectivity index (χ0) is 21.3. The van der Waals surface area contributed by atoms with Crippen molar-refractivity contribution in [2.45, 2.75) is 39.2 Å². The van der Waals surface area contributed by atoms with Crippen molar-refractivity contribution in [3.8, 4) is 23.0 Å². The molecule has 1 heterocycles. The van der Waals surface area contributed by atoms with Gasteiger partial charge in [0.15, 0.2) is 23.0 Å². The average Bonchev–Trinajstić information content (AvgIpc) is 2.99. The van der Waals surface area contributed by atoms with Crippen LogP contribution in [0.25, 0.3) is 0 Å². The van der Waals surface area contributed by atoms with Crippen molar-refractivity contribution in [3.05, 3.63) is 46.5 Å². The van der Waals surface area contributed by atoms with Gasteiger partial charge in [-0.25, -0.2) is 0 Å². The molecule has 0 saturated carbocycles. The highest BCUT2D eigenvalue weighted by Crippen LogP contribution is 2.38. The van der Waals surface area contributed by atoms with Gasteiger partial charge in [0.2, 0.25) is 5.91 Å². The van der Waals surface area contributed by atoms with Crippen LogP contribution in [-0.4, -0.2) is 32.8 Å².